The SMILES string of the molecule is CC(O)c1nc2cc(N)ccc2n1CC1(C)CCCC1. The third-order valence-corrected chi connectivity index (χ3v) is 4.53. The topological polar surface area (TPSA) is 64.1 Å². The molecule has 3 N–H and O–H groups in total. The lowest BCUT2D eigenvalue weighted by Gasteiger charge is -2.26. The lowest BCUT2D eigenvalue weighted by atomic mass is 9.88. The Balaban J connectivity index is 2.09. The van der Waals surface area contributed by atoms with Crippen molar-refractivity contribution in [2.45, 2.75) is 52.2 Å². The highest BCUT2D eigenvalue weighted by atomic mass is 16.3. The van der Waals surface area contributed by atoms with Gasteiger partial charge >= 0.3 is 0 Å². The number of hydrogen-bond donors (Lipinski definition) is 2. The van der Waals surface area contributed by atoms with Gasteiger partial charge in [0.15, 0.2) is 0 Å². The minimum Gasteiger partial charge on any atom is -0.399 e. The molecular weight excluding hydrogens is 250 g/mol. The largest absolute Gasteiger partial charge is 0.399 e. The van der Waals surface area contributed by atoms with Gasteiger partial charge in [-0.25, -0.2) is 4.98 Å². The standard InChI is InChI=1S/C16H23N3O/c1-11(20)15-18-13-9-12(17)5-6-14(13)19(15)10-16(2)7-3-4-8-16/h5-6,9,11,20H,3-4,7-8,10,17H2,1-2H3. The number of nitrogens with zero attached hydrogens (tertiary/aromatic N) is 2. The zero-order valence-electron chi connectivity index (χ0n) is 12.3. The van der Waals surface area contributed by atoms with E-state index in [2.05, 4.69) is 16.5 Å². The van der Waals surface area contributed by atoms with Crippen molar-refractivity contribution in [2.24, 2.45) is 5.41 Å². The van der Waals surface area contributed by atoms with Gasteiger partial charge in [-0.15, -0.1) is 0 Å². The van der Waals surface area contributed by atoms with E-state index in [0.29, 0.717) is 11.1 Å². The van der Waals surface area contributed by atoms with Gasteiger partial charge in [0, 0.05) is 12.2 Å². The zero-order chi connectivity index (χ0) is 14.3. The smallest absolute Gasteiger partial charge is 0.138 e. The summed E-state index contributed by atoms with van der Waals surface area (Å²) in [5.41, 5.74) is 8.82. The summed E-state index contributed by atoms with van der Waals surface area (Å²) in [7, 11) is 0. The molecule has 2 aromatic rings. The van der Waals surface area contributed by atoms with Crippen LogP contribution in [-0.2, 0) is 6.54 Å². The van der Waals surface area contributed by atoms with Gasteiger partial charge in [0.2, 0.25) is 0 Å². The number of rotatable bonds is 3. The van der Waals surface area contributed by atoms with E-state index in [1.165, 1.54) is 25.7 Å². The minimum absolute atomic E-state index is 0.318. The van der Waals surface area contributed by atoms with Crippen molar-refractivity contribution in [3.8, 4) is 0 Å². The number of nitrogen functional groups attached to an aromatic ring is 1. The van der Waals surface area contributed by atoms with E-state index in [1.807, 2.05) is 18.2 Å². The molecule has 0 amide bonds. The Hall–Kier alpha value is -1.55. The van der Waals surface area contributed by atoms with Crippen molar-refractivity contribution in [2.75, 3.05) is 5.73 Å². The van der Waals surface area contributed by atoms with Crippen LogP contribution in [0.3, 0.4) is 0 Å². The quantitative estimate of drug-likeness (QED) is 0.844. The van der Waals surface area contributed by atoms with Gasteiger partial charge in [-0.05, 0) is 43.4 Å². The predicted octanol–water partition coefficient (Wildman–Crippen LogP) is 3.25. The molecule has 0 aliphatic heterocycles. The molecule has 1 unspecified atom stereocenters. The van der Waals surface area contributed by atoms with Crippen LogP contribution in [0.5, 0.6) is 0 Å². The number of anilines is 1. The molecule has 1 aliphatic carbocycles. The molecule has 0 saturated heterocycles. The molecule has 1 heterocycles. The normalized spacial score (nSPS) is 19.6. The van der Waals surface area contributed by atoms with Crippen LogP contribution in [0, 0.1) is 5.41 Å². The van der Waals surface area contributed by atoms with Crippen LogP contribution in [0.25, 0.3) is 11.0 Å². The summed E-state index contributed by atoms with van der Waals surface area (Å²) in [6, 6.07) is 5.81. The van der Waals surface area contributed by atoms with Crippen LogP contribution < -0.4 is 5.73 Å². The van der Waals surface area contributed by atoms with Crippen LogP contribution in [0.1, 0.15) is 51.5 Å². The second-order valence-corrected chi connectivity index (χ2v) is 6.50. The first-order valence-corrected chi connectivity index (χ1v) is 7.42. The number of aliphatic hydroxyl groups is 1. The van der Waals surface area contributed by atoms with Crippen LogP contribution in [0.4, 0.5) is 5.69 Å². The van der Waals surface area contributed by atoms with Gasteiger partial charge in [0.05, 0.1) is 11.0 Å². The van der Waals surface area contributed by atoms with Crippen LogP contribution in [0.15, 0.2) is 18.2 Å². The number of fused-ring (bicyclic) bond motifs is 1. The molecule has 4 heteroatoms. The summed E-state index contributed by atoms with van der Waals surface area (Å²) in [4.78, 5) is 4.58. The summed E-state index contributed by atoms with van der Waals surface area (Å²) >= 11 is 0. The van der Waals surface area contributed by atoms with Crippen LogP contribution in [-0.4, -0.2) is 14.7 Å². The summed E-state index contributed by atoms with van der Waals surface area (Å²) in [5, 5.41) is 10.0. The molecule has 1 aromatic carbocycles. The number of nitrogens with two attached hydrogens (primary N) is 1. The fourth-order valence-corrected chi connectivity index (χ4v) is 3.42. The monoisotopic (exact) mass is 273 g/mol. The Morgan fingerprint density at radius 2 is 2.10 bits per heavy atom. The lowest BCUT2D eigenvalue weighted by molar-refractivity contribution is 0.176. The Bertz CT molecular complexity index is 624. The second kappa shape index (κ2) is 4.77. The zero-order valence-corrected chi connectivity index (χ0v) is 12.3. The molecule has 0 radical (unpaired) electrons. The second-order valence-electron chi connectivity index (χ2n) is 6.50. The predicted molar refractivity (Wildman–Crippen MR) is 81.4 cm³/mol. The van der Waals surface area contributed by atoms with Crippen molar-refractivity contribution >= 4 is 16.7 Å². The summed E-state index contributed by atoms with van der Waals surface area (Å²) in [5.74, 6) is 0.749. The highest BCUT2D eigenvalue weighted by Gasteiger charge is 2.31. The van der Waals surface area contributed by atoms with E-state index >= 15 is 0 Å². The van der Waals surface area contributed by atoms with Crippen molar-refractivity contribution in [1.82, 2.24) is 9.55 Å². The maximum atomic E-state index is 10.0. The van der Waals surface area contributed by atoms with Gasteiger partial charge in [0.1, 0.15) is 11.9 Å². The Labute approximate surface area is 119 Å². The Kier molecular flexibility index (Phi) is 3.21. The average molecular weight is 273 g/mol. The van der Waals surface area contributed by atoms with Crippen molar-refractivity contribution in [3.63, 3.8) is 0 Å². The number of hydrogen-bond acceptors (Lipinski definition) is 3. The van der Waals surface area contributed by atoms with Gasteiger partial charge in [0.25, 0.3) is 0 Å². The van der Waals surface area contributed by atoms with Crippen molar-refractivity contribution in [3.05, 3.63) is 24.0 Å². The minimum atomic E-state index is -0.561. The first kappa shape index (κ1) is 13.4. The molecule has 4 nitrogen and oxygen atoms in total. The first-order chi connectivity index (χ1) is 9.48. The number of benzene rings is 1. The van der Waals surface area contributed by atoms with Gasteiger partial charge in [-0.1, -0.05) is 19.8 Å². The van der Waals surface area contributed by atoms with Gasteiger partial charge in [-0.3, -0.25) is 0 Å². The molecule has 1 aliphatic rings. The summed E-state index contributed by atoms with van der Waals surface area (Å²) < 4.78 is 2.19. The van der Waals surface area contributed by atoms with Gasteiger partial charge < -0.3 is 15.4 Å². The molecule has 0 spiro atoms. The highest BCUT2D eigenvalue weighted by molar-refractivity contribution is 5.79. The van der Waals surface area contributed by atoms with E-state index in [-0.39, 0.29) is 0 Å². The molecule has 1 atom stereocenters. The third kappa shape index (κ3) is 2.29. The van der Waals surface area contributed by atoms with E-state index in [4.69, 9.17) is 5.73 Å². The third-order valence-electron chi connectivity index (χ3n) is 4.53. The molecule has 1 fully saturated rings. The summed E-state index contributed by atoms with van der Waals surface area (Å²) in [6.45, 7) is 5.04. The van der Waals surface area contributed by atoms with Crippen LogP contribution >= 0.6 is 0 Å². The van der Waals surface area contributed by atoms with Crippen molar-refractivity contribution < 1.29 is 5.11 Å². The molecule has 108 valence electrons. The van der Waals surface area contributed by atoms with Crippen LogP contribution in [0.2, 0.25) is 0 Å². The number of aliphatic hydroxyl groups excluding tert-OH is 1. The molecule has 1 saturated carbocycles. The molecular formula is C16H23N3O. The lowest BCUT2D eigenvalue weighted by Crippen LogP contribution is -2.21. The molecule has 3 rings (SSSR count). The molecule has 20 heavy (non-hydrogen) atoms. The Morgan fingerprint density at radius 3 is 2.75 bits per heavy atom. The first-order valence-electron chi connectivity index (χ1n) is 7.42. The van der Waals surface area contributed by atoms with E-state index in [0.717, 1.165) is 23.4 Å². The van der Waals surface area contributed by atoms with Crippen molar-refractivity contribution in [1.29, 1.82) is 0 Å². The van der Waals surface area contributed by atoms with E-state index < -0.39 is 6.10 Å². The number of aromatic nitrogens is 2. The van der Waals surface area contributed by atoms with E-state index in [9.17, 15) is 5.11 Å². The fourth-order valence-electron chi connectivity index (χ4n) is 3.42. The van der Waals surface area contributed by atoms with E-state index in [1.54, 1.807) is 6.92 Å². The maximum absolute atomic E-state index is 10.0. The maximum Gasteiger partial charge on any atom is 0.138 e. The average Bonchev–Trinajstić information content (AvgIpc) is 2.94. The Morgan fingerprint density at radius 1 is 1.40 bits per heavy atom. The number of imidazole rings is 1. The van der Waals surface area contributed by atoms with Gasteiger partial charge in [-0.2, -0.15) is 0 Å². The molecule has 1 aromatic heterocycles. The fraction of sp³-hybridized carbons (Fsp3) is 0.562. The summed E-state index contributed by atoms with van der Waals surface area (Å²) in [6.07, 6.45) is 4.55. The molecule has 0 bridgehead atoms. The highest BCUT2D eigenvalue weighted by Crippen LogP contribution is 2.40.